The van der Waals surface area contributed by atoms with E-state index in [0.717, 1.165) is 6.42 Å². The normalized spacial score (nSPS) is 16.8. The van der Waals surface area contributed by atoms with Crippen LogP contribution in [-0.2, 0) is 23.0 Å². The fraction of sp³-hybridized carbons (Fsp3) is 0.250. The van der Waals surface area contributed by atoms with E-state index >= 15 is 0 Å². The molecule has 28 heavy (non-hydrogen) atoms. The van der Waals surface area contributed by atoms with Crippen LogP contribution in [0.5, 0.6) is 0 Å². The van der Waals surface area contributed by atoms with Crippen LogP contribution in [-0.4, -0.2) is 25.8 Å². The van der Waals surface area contributed by atoms with Crippen molar-refractivity contribution in [3.05, 3.63) is 75.9 Å². The second-order valence-corrected chi connectivity index (χ2v) is 9.42. The number of hydrogen-bond donors (Lipinski definition) is 1. The van der Waals surface area contributed by atoms with Gasteiger partial charge >= 0.3 is 0 Å². The van der Waals surface area contributed by atoms with Crippen LogP contribution in [0.2, 0.25) is 0 Å². The number of fused-ring (bicyclic) bond motifs is 1. The van der Waals surface area contributed by atoms with Crippen molar-refractivity contribution in [2.45, 2.75) is 30.8 Å². The van der Waals surface area contributed by atoms with E-state index in [2.05, 4.69) is 16.2 Å². The van der Waals surface area contributed by atoms with Gasteiger partial charge in [0.2, 0.25) is 10.0 Å². The lowest BCUT2D eigenvalue weighted by Crippen LogP contribution is -2.38. The zero-order chi connectivity index (χ0) is 19.7. The summed E-state index contributed by atoms with van der Waals surface area (Å²) in [5.74, 6) is 0.444. The van der Waals surface area contributed by atoms with Gasteiger partial charge in [0.25, 0.3) is 5.91 Å². The fourth-order valence-corrected chi connectivity index (χ4v) is 5.35. The van der Waals surface area contributed by atoms with Crippen molar-refractivity contribution in [1.82, 2.24) is 9.62 Å². The second-order valence-electron chi connectivity index (χ2n) is 6.65. The molecule has 4 rings (SSSR count). The van der Waals surface area contributed by atoms with Gasteiger partial charge in [-0.3, -0.25) is 4.79 Å². The Morgan fingerprint density at radius 3 is 2.75 bits per heavy atom. The first kappa shape index (κ1) is 18.9. The smallest absolute Gasteiger partial charge is 0.254 e. The zero-order valence-corrected chi connectivity index (χ0v) is 16.9. The quantitative estimate of drug-likeness (QED) is 0.689. The van der Waals surface area contributed by atoms with Crippen LogP contribution >= 0.6 is 11.3 Å². The SMILES string of the molecule is CC1c2ccsc2CCN1C(=O)c1ccc(S(=O)(=O)NCc2ccco2)cc1. The molecule has 3 aromatic rings. The molecule has 1 atom stereocenters. The lowest BCUT2D eigenvalue weighted by molar-refractivity contribution is 0.0679. The Hall–Kier alpha value is -2.42. The van der Waals surface area contributed by atoms with Gasteiger partial charge in [-0.2, -0.15) is 0 Å². The largest absolute Gasteiger partial charge is 0.468 e. The van der Waals surface area contributed by atoms with Gasteiger partial charge in [-0.25, -0.2) is 13.1 Å². The minimum Gasteiger partial charge on any atom is -0.468 e. The first-order valence-corrected chi connectivity index (χ1v) is 11.3. The maximum atomic E-state index is 12.9. The highest BCUT2D eigenvalue weighted by atomic mass is 32.2. The van der Waals surface area contributed by atoms with E-state index in [1.807, 2.05) is 11.8 Å². The van der Waals surface area contributed by atoms with Crippen LogP contribution in [0.4, 0.5) is 0 Å². The van der Waals surface area contributed by atoms with E-state index in [0.29, 0.717) is 17.9 Å². The third-order valence-corrected chi connectivity index (χ3v) is 7.38. The van der Waals surface area contributed by atoms with Crippen molar-refractivity contribution in [2.75, 3.05) is 6.54 Å². The molecule has 1 amide bonds. The molecule has 2 aromatic heterocycles. The molecule has 146 valence electrons. The Balaban J connectivity index is 1.48. The predicted molar refractivity (Wildman–Crippen MR) is 107 cm³/mol. The minimum atomic E-state index is -3.68. The van der Waals surface area contributed by atoms with E-state index < -0.39 is 10.0 Å². The molecule has 0 saturated heterocycles. The summed E-state index contributed by atoms with van der Waals surface area (Å²) in [7, 11) is -3.68. The first-order chi connectivity index (χ1) is 13.5. The molecule has 1 aliphatic rings. The average molecular weight is 417 g/mol. The van der Waals surface area contributed by atoms with Gasteiger partial charge in [-0.15, -0.1) is 11.3 Å². The molecule has 0 fully saturated rings. The van der Waals surface area contributed by atoms with Crippen LogP contribution in [0.15, 0.2) is 63.4 Å². The summed E-state index contributed by atoms with van der Waals surface area (Å²) in [6.45, 7) is 2.77. The number of nitrogens with zero attached hydrogens (tertiary/aromatic N) is 1. The molecule has 1 unspecified atom stereocenters. The Labute approximate surface area is 167 Å². The van der Waals surface area contributed by atoms with Gasteiger partial charge in [0.05, 0.1) is 23.7 Å². The summed E-state index contributed by atoms with van der Waals surface area (Å²) in [5, 5.41) is 2.06. The number of furan rings is 1. The van der Waals surface area contributed by atoms with Gasteiger partial charge < -0.3 is 9.32 Å². The minimum absolute atomic E-state index is 0.0147. The summed E-state index contributed by atoms with van der Waals surface area (Å²) in [5.41, 5.74) is 1.68. The number of carbonyl (C=O) groups is 1. The van der Waals surface area contributed by atoms with Gasteiger partial charge in [0, 0.05) is 17.0 Å². The molecule has 3 heterocycles. The Morgan fingerprint density at radius 1 is 1.25 bits per heavy atom. The number of amides is 1. The summed E-state index contributed by atoms with van der Waals surface area (Å²) in [6.07, 6.45) is 2.34. The average Bonchev–Trinajstić information content (AvgIpc) is 3.38. The van der Waals surface area contributed by atoms with Crippen LogP contribution in [0.1, 0.15) is 39.5 Å². The second kappa shape index (κ2) is 7.54. The molecule has 8 heteroatoms. The standard InChI is InChI=1S/C20H20N2O4S2/c1-14-18-9-12-27-19(18)8-10-22(14)20(23)15-4-6-17(7-5-15)28(24,25)21-13-16-3-2-11-26-16/h2-7,9,11-12,14,21H,8,10,13H2,1H3. The molecule has 0 aliphatic carbocycles. The molecule has 1 N–H and O–H groups in total. The molecular weight excluding hydrogens is 396 g/mol. The molecule has 0 saturated carbocycles. The fourth-order valence-electron chi connectivity index (χ4n) is 3.39. The van der Waals surface area contributed by atoms with Crippen molar-refractivity contribution in [3.8, 4) is 0 Å². The number of nitrogens with one attached hydrogen (secondary N) is 1. The van der Waals surface area contributed by atoms with Crippen molar-refractivity contribution in [2.24, 2.45) is 0 Å². The Bertz CT molecular complexity index is 1070. The van der Waals surface area contributed by atoms with E-state index in [1.165, 1.54) is 28.8 Å². The highest BCUT2D eigenvalue weighted by molar-refractivity contribution is 7.89. The third kappa shape index (κ3) is 3.63. The number of hydrogen-bond acceptors (Lipinski definition) is 5. The summed E-state index contributed by atoms with van der Waals surface area (Å²) in [6, 6.07) is 11.5. The van der Waals surface area contributed by atoms with Gasteiger partial charge in [-0.05, 0) is 66.8 Å². The lowest BCUT2D eigenvalue weighted by atomic mass is 10.0. The number of sulfonamides is 1. The monoisotopic (exact) mass is 416 g/mol. The summed E-state index contributed by atoms with van der Waals surface area (Å²) < 4.78 is 32.5. The number of thiophene rings is 1. The van der Waals surface area contributed by atoms with E-state index in [1.54, 1.807) is 35.6 Å². The molecule has 0 bridgehead atoms. The van der Waals surface area contributed by atoms with E-state index in [9.17, 15) is 13.2 Å². The van der Waals surface area contributed by atoms with Crippen molar-refractivity contribution in [1.29, 1.82) is 0 Å². The number of benzene rings is 1. The van der Waals surface area contributed by atoms with Crippen LogP contribution in [0.3, 0.4) is 0 Å². The summed E-state index contributed by atoms with van der Waals surface area (Å²) in [4.78, 5) is 16.2. The molecular formula is C20H20N2O4S2. The van der Waals surface area contributed by atoms with E-state index in [-0.39, 0.29) is 23.4 Å². The maximum absolute atomic E-state index is 12.9. The Kier molecular flexibility index (Phi) is 5.09. The Morgan fingerprint density at radius 2 is 2.04 bits per heavy atom. The van der Waals surface area contributed by atoms with Crippen LogP contribution < -0.4 is 4.72 Å². The van der Waals surface area contributed by atoms with Gasteiger partial charge in [0.1, 0.15) is 5.76 Å². The van der Waals surface area contributed by atoms with Crippen molar-refractivity contribution >= 4 is 27.3 Å². The van der Waals surface area contributed by atoms with Gasteiger partial charge in [-0.1, -0.05) is 0 Å². The third-order valence-electron chi connectivity index (χ3n) is 4.97. The molecule has 0 radical (unpaired) electrons. The first-order valence-electron chi connectivity index (χ1n) is 8.95. The predicted octanol–water partition coefficient (Wildman–Crippen LogP) is 3.58. The highest BCUT2D eigenvalue weighted by Crippen LogP contribution is 2.33. The van der Waals surface area contributed by atoms with Gasteiger partial charge in [0.15, 0.2) is 0 Å². The van der Waals surface area contributed by atoms with Crippen LogP contribution in [0, 0.1) is 0 Å². The van der Waals surface area contributed by atoms with Crippen molar-refractivity contribution < 1.29 is 17.6 Å². The molecule has 1 aliphatic heterocycles. The van der Waals surface area contributed by atoms with Crippen molar-refractivity contribution in [3.63, 3.8) is 0 Å². The highest BCUT2D eigenvalue weighted by Gasteiger charge is 2.29. The maximum Gasteiger partial charge on any atom is 0.254 e. The molecule has 1 aromatic carbocycles. The summed E-state index contributed by atoms with van der Waals surface area (Å²) >= 11 is 1.73. The molecule has 6 nitrogen and oxygen atoms in total. The number of carbonyl (C=O) groups excluding carboxylic acids is 1. The molecule has 0 spiro atoms. The topological polar surface area (TPSA) is 79.6 Å². The number of rotatable bonds is 5. The van der Waals surface area contributed by atoms with Crippen LogP contribution in [0.25, 0.3) is 0 Å². The van der Waals surface area contributed by atoms with E-state index in [4.69, 9.17) is 4.42 Å². The zero-order valence-electron chi connectivity index (χ0n) is 15.3. The lowest BCUT2D eigenvalue weighted by Gasteiger charge is -2.33.